The molecular formula is C8H14O2. The Kier molecular flexibility index (Phi) is 4.85. The van der Waals surface area contributed by atoms with E-state index in [1.54, 1.807) is 13.0 Å². The molecule has 0 saturated carbocycles. The van der Waals surface area contributed by atoms with E-state index in [0.29, 0.717) is 19.3 Å². The Morgan fingerprint density at radius 2 is 2.40 bits per heavy atom. The number of carbonyl (C=O) groups excluding carboxylic acids is 1. The van der Waals surface area contributed by atoms with Gasteiger partial charge in [0.25, 0.3) is 0 Å². The molecule has 0 bridgehead atoms. The van der Waals surface area contributed by atoms with Crippen LogP contribution in [0.5, 0.6) is 0 Å². The molecule has 0 aliphatic heterocycles. The van der Waals surface area contributed by atoms with Crippen molar-refractivity contribution in [2.75, 3.05) is 0 Å². The van der Waals surface area contributed by atoms with Gasteiger partial charge in [0.05, 0.1) is 6.10 Å². The Morgan fingerprint density at radius 3 is 2.80 bits per heavy atom. The van der Waals surface area contributed by atoms with Crippen LogP contribution < -0.4 is 0 Å². The number of hydrogen-bond acceptors (Lipinski definition) is 2. The van der Waals surface area contributed by atoms with Crippen LogP contribution in [0.15, 0.2) is 12.7 Å². The number of carbonyl (C=O) groups is 1. The monoisotopic (exact) mass is 142 g/mol. The number of allylic oxidation sites excluding steroid dienone is 1. The number of aliphatic hydroxyl groups excluding tert-OH is 1. The van der Waals surface area contributed by atoms with Gasteiger partial charge < -0.3 is 5.11 Å². The normalized spacial score (nSPS) is 12.6. The molecule has 0 fully saturated rings. The van der Waals surface area contributed by atoms with Gasteiger partial charge in [-0.05, 0) is 13.3 Å². The van der Waals surface area contributed by atoms with Crippen LogP contribution in [0.3, 0.4) is 0 Å². The number of hydrogen-bond donors (Lipinski definition) is 1. The zero-order valence-electron chi connectivity index (χ0n) is 6.34. The van der Waals surface area contributed by atoms with Crippen LogP contribution in [-0.2, 0) is 4.79 Å². The fourth-order valence-electron chi connectivity index (χ4n) is 0.633. The van der Waals surface area contributed by atoms with Crippen molar-refractivity contribution < 1.29 is 9.90 Å². The molecule has 0 radical (unpaired) electrons. The molecule has 0 saturated heterocycles. The second-order valence-corrected chi connectivity index (χ2v) is 2.42. The average molecular weight is 142 g/mol. The minimum atomic E-state index is -0.367. The molecule has 0 aromatic carbocycles. The van der Waals surface area contributed by atoms with E-state index in [1.807, 2.05) is 0 Å². The van der Waals surface area contributed by atoms with Gasteiger partial charge in [0.1, 0.15) is 5.78 Å². The molecule has 58 valence electrons. The van der Waals surface area contributed by atoms with Gasteiger partial charge in [-0.25, -0.2) is 0 Å². The summed E-state index contributed by atoms with van der Waals surface area (Å²) in [7, 11) is 0. The summed E-state index contributed by atoms with van der Waals surface area (Å²) >= 11 is 0. The third-order valence-electron chi connectivity index (χ3n) is 1.21. The molecular weight excluding hydrogens is 128 g/mol. The van der Waals surface area contributed by atoms with Crippen molar-refractivity contribution >= 4 is 5.78 Å². The Morgan fingerprint density at radius 1 is 1.80 bits per heavy atom. The zero-order chi connectivity index (χ0) is 7.98. The van der Waals surface area contributed by atoms with Gasteiger partial charge in [-0.2, -0.15) is 0 Å². The SMILES string of the molecule is C=CCC(=O)CC[C@@H](C)O. The fourth-order valence-corrected chi connectivity index (χ4v) is 0.633. The van der Waals surface area contributed by atoms with E-state index in [4.69, 9.17) is 5.11 Å². The summed E-state index contributed by atoms with van der Waals surface area (Å²) < 4.78 is 0. The summed E-state index contributed by atoms with van der Waals surface area (Å²) in [4.78, 5) is 10.8. The van der Waals surface area contributed by atoms with Gasteiger partial charge >= 0.3 is 0 Å². The van der Waals surface area contributed by atoms with Crippen molar-refractivity contribution in [1.29, 1.82) is 0 Å². The molecule has 0 aromatic rings. The van der Waals surface area contributed by atoms with Crippen molar-refractivity contribution in [3.05, 3.63) is 12.7 Å². The Labute approximate surface area is 61.6 Å². The molecule has 0 aromatic heterocycles. The summed E-state index contributed by atoms with van der Waals surface area (Å²) in [6, 6.07) is 0. The molecule has 1 N–H and O–H groups in total. The van der Waals surface area contributed by atoms with Crippen LogP contribution in [-0.4, -0.2) is 17.0 Å². The number of rotatable bonds is 5. The second kappa shape index (κ2) is 5.18. The van der Waals surface area contributed by atoms with E-state index < -0.39 is 0 Å². The first-order chi connectivity index (χ1) is 4.66. The molecule has 0 unspecified atom stereocenters. The van der Waals surface area contributed by atoms with Gasteiger partial charge in [-0.3, -0.25) is 4.79 Å². The van der Waals surface area contributed by atoms with Crippen molar-refractivity contribution in [3.8, 4) is 0 Å². The van der Waals surface area contributed by atoms with Crippen LogP contribution in [0.1, 0.15) is 26.2 Å². The molecule has 0 amide bonds. The maximum absolute atomic E-state index is 10.8. The summed E-state index contributed by atoms with van der Waals surface area (Å²) in [5, 5.41) is 8.79. The fraction of sp³-hybridized carbons (Fsp3) is 0.625. The van der Waals surface area contributed by atoms with Crippen LogP contribution in [0.2, 0.25) is 0 Å². The highest BCUT2D eigenvalue weighted by Gasteiger charge is 2.01. The number of aliphatic hydroxyl groups is 1. The van der Waals surface area contributed by atoms with Crippen LogP contribution in [0, 0.1) is 0 Å². The highest BCUT2D eigenvalue weighted by atomic mass is 16.3. The summed E-state index contributed by atoms with van der Waals surface area (Å²) in [5.74, 6) is 0.149. The minimum absolute atomic E-state index is 0.149. The van der Waals surface area contributed by atoms with Crippen LogP contribution in [0.4, 0.5) is 0 Å². The van der Waals surface area contributed by atoms with Crippen molar-refractivity contribution in [2.45, 2.75) is 32.3 Å². The topological polar surface area (TPSA) is 37.3 Å². The summed E-state index contributed by atoms with van der Waals surface area (Å²) in [6.07, 6.45) is 2.67. The Balaban J connectivity index is 3.30. The van der Waals surface area contributed by atoms with Crippen LogP contribution in [0.25, 0.3) is 0 Å². The van der Waals surface area contributed by atoms with Gasteiger partial charge in [-0.15, -0.1) is 6.58 Å². The molecule has 1 atom stereocenters. The lowest BCUT2D eigenvalue weighted by atomic mass is 10.1. The van der Waals surface area contributed by atoms with Gasteiger partial charge in [0.15, 0.2) is 0 Å². The molecule has 0 heterocycles. The largest absolute Gasteiger partial charge is 0.393 e. The number of Topliss-reactive ketones (excluding diaryl/α,β-unsaturated/α-hetero) is 1. The van der Waals surface area contributed by atoms with Crippen LogP contribution >= 0.6 is 0 Å². The predicted octanol–water partition coefficient (Wildman–Crippen LogP) is 1.29. The Bertz CT molecular complexity index is 116. The molecule has 10 heavy (non-hydrogen) atoms. The van der Waals surface area contributed by atoms with E-state index in [0.717, 1.165) is 0 Å². The lowest BCUT2D eigenvalue weighted by Crippen LogP contribution is -2.04. The third-order valence-corrected chi connectivity index (χ3v) is 1.21. The van der Waals surface area contributed by atoms with E-state index in [-0.39, 0.29) is 11.9 Å². The highest BCUT2D eigenvalue weighted by molar-refractivity contribution is 5.79. The van der Waals surface area contributed by atoms with Crippen molar-refractivity contribution in [2.24, 2.45) is 0 Å². The van der Waals surface area contributed by atoms with Crippen molar-refractivity contribution in [1.82, 2.24) is 0 Å². The lowest BCUT2D eigenvalue weighted by molar-refractivity contribution is -0.118. The molecule has 2 nitrogen and oxygen atoms in total. The van der Waals surface area contributed by atoms with Gasteiger partial charge in [-0.1, -0.05) is 6.08 Å². The van der Waals surface area contributed by atoms with E-state index in [1.165, 1.54) is 0 Å². The average Bonchev–Trinajstić information content (AvgIpc) is 1.85. The predicted molar refractivity (Wildman–Crippen MR) is 40.7 cm³/mol. The van der Waals surface area contributed by atoms with E-state index >= 15 is 0 Å². The minimum Gasteiger partial charge on any atom is -0.393 e. The first kappa shape index (κ1) is 9.37. The van der Waals surface area contributed by atoms with E-state index in [9.17, 15) is 4.79 Å². The quantitative estimate of drug-likeness (QED) is 0.587. The highest BCUT2D eigenvalue weighted by Crippen LogP contribution is 1.99. The third kappa shape index (κ3) is 5.51. The van der Waals surface area contributed by atoms with Crippen molar-refractivity contribution in [3.63, 3.8) is 0 Å². The standard InChI is InChI=1S/C8H14O2/c1-3-4-8(10)6-5-7(2)9/h3,7,9H,1,4-6H2,2H3/t7-/m1/s1. The first-order valence-corrected chi connectivity index (χ1v) is 3.47. The molecule has 2 heteroatoms. The summed E-state index contributed by atoms with van der Waals surface area (Å²) in [5.41, 5.74) is 0. The lowest BCUT2D eigenvalue weighted by Gasteiger charge is -2.00. The molecule has 0 aliphatic carbocycles. The zero-order valence-corrected chi connectivity index (χ0v) is 6.34. The second-order valence-electron chi connectivity index (χ2n) is 2.42. The number of ketones is 1. The maximum Gasteiger partial charge on any atom is 0.136 e. The molecule has 0 aliphatic rings. The molecule has 0 rings (SSSR count). The Hall–Kier alpha value is -0.630. The maximum atomic E-state index is 10.8. The summed E-state index contributed by atoms with van der Waals surface area (Å²) in [6.45, 7) is 5.13. The smallest absolute Gasteiger partial charge is 0.136 e. The van der Waals surface area contributed by atoms with Gasteiger partial charge in [0, 0.05) is 12.8 Å². The van der Waals surface area contributed by atoms with Gasteiger partial charge in [0.2, 0.25) is 0 Å². The first-order valence-electron chi connectivity index (χ1n) is 3.47. The molecule has 0 spiro atoms. The van der Waals surface area contributed by atoms with E-state index in [2.05, 4.69) is 6.58 Å².